The van der Waals surface area contributed by atoms with Crippen LogP contribution < -0.4 is 10.5 Å². The minimum atomic E-state index is -0.265. The summed E-state index contributed by atoms with van der Waals surface area (Å²) in [6, 6.07) is 10.8. The van der Waals surface area contributed by atoms with Crippen molar-refractivity contribution in [3.63, 3.8) is 0 Å². The van der Waals surface area contributed by atoms with E-state index in [1.54, 1.807) is 24.3 Å². The zero-order chi connectivity index (χ0) is 14.8. The Kier molecular flexibility index (Phi) is 6.43. The van der Waals surface area contributed by atoms with Gasteiger partial charge in [0.2, 0.25) is 0 Å². The molecule has 20 heavy (non-hydrogen) atoms. The van der Waals surface area contributed by atoms with Gasteiger partial charge in [-0.2, -0.15) is 10.5 Å². The highest BCUT2D eigenvalue weighted by Gasteiger charge is 2.14. The van der Waals surface area contributed by atoms with Gasteiger partial charge in [0, 0.05) is 13.1 Å². The average Bonchev–Trinajstić information content (AvgIpc) is 2.46. The standard InChI is InChI=1S/C14H16N4O2/c15-7-3-9-18(10-4-8-16)14(19)11-20-13-6-2-1-5-12(13)17/h1-2,5-6H,3-4,9-11,17H2. The molecule has 0 bridgehead atoms. The SMILES string of the molecule is N#CCCN(CCC#N)C(=O)COc1ccccc1N. The number of nitriles is 2. The number of ether oxygens (including phenoxy) is 1. The average molecular weight is 272 g/mol. The van der Waals surface area contributed by atoms with Crippen LogP contribution in [-0.2, 0) is 4.79 Å². The van der Waals surface area contributed by atoms with Gasteiger partial charge in [0.25, 0.3) is 5.91 Å². The summed E-state index contributed by atoms with van der Waals surface area (Å²) in [5, 5.41) is 17.1. The maximum absolute atomic E-state index is 12.0. The lowest BCUT2D eigenvalue weighted by Crippen LogP contribution is -2.36. The third kappa shape index (κ3) is 4.87. The second-order valence-corrected chi connectivity index (χ2v) is 4.02. The first-order valence-electron chi connectivity index (χ1n) is 6.18. The van der Waals surface area contributed by atoms with Crippen LogP contribution in [0.3, 0.4) is 0 Å². The fourth-order valence-electron chi connectivity index (χ4n) is 1.57. The molecule has 0 aliphatic heterocycles. The van der Waals surface area contributed by atoms with E-state index in [1.165, 1.54) is 4.90 Å². The zero-order valence-electron chi connectivity index (χ0n) is 11.1. The smallest absolute Gasteiger partial charge is 0.260 e. The molecule has 0 aliphatic rings. The van der Waals surface area contributed by atoms with Gasteiger partial charge in [-0.05, 0) is 12.1 Å². The molecule has 1 amide bonds. The van der Waals surface area contributed by atoms with E-state index in [4.69, 9.17) is 21.0 Å². The van der Waals surface area contributed by atoms with Crippen LogP contribution in [0.15, 0.2) is 24.3 Å². The Hall–Kier alpha value is -2.73. The van der Waals surface area contributed by atoms with E-state index in [-0.39, 0.29) is 25.4 Å². The summed E-state index contributed by atoms with van der Waals surface area (Å²) in [6.45, 7) is 0.431. The normalized spacial score (nSPS) is 9.30. The number of nitrogens with zero attached hydrogens (tertiary/aromatic N) is 3. The van der Waals surface area contributed by atoms with Gasteiger partial charge in [0.05, 0.1) is 30.7 Å². The number of hydrogen-bond donors (Lipinski definition) is 1. The molecular weight excluding hydrogens is 256 g/mol. The lowest BCUT2D eigenvalue weighted by molar-refractivity contribution is -0.133. The molecule has 0 radical (unpaired) electrons. The molecule has 0 aromatic heterocycles. The second-order valence-electron chi connectivity index (χ2n) is 4.02. The Morgan fingerprint density at radius 2 is 1.80 bits per heavy atom. The van der Waals surface area contributed by atoms with Gasteiger partial charge in [-0.3, -0.25) is 4.79 Å². The van der Waals surface area contributed by atoms with Crippen LogP contribution in [0.4, 0.5) is 5.69 Å². The lowest BCUT2D eigenvalue weighted by atomic mass is 10.3. The molecular formula is C14H16N4O2. The highest BCUT2D eigenvalue weighted by Crippen LogP contribution is 2.19. The van der Waals surface area contributed by atoms with Crippen LogP contribution in [0, 0.1) is 22.7 Å². The quantitative estimate of drug-likeness (QED) is 0.753. The third-order valence-corrected chi connectivity index (χ3v) is 2.61. The molecule has 0 fully saturated rings. The second kappa shape index (κ2) is 8.39. The lowest BCUT2D eigenvalue weighted by Gasteiger charge is -2.20. The van der Waals surface area contributed by atoms with E-state index in [0.717, 1.165) is 0 Å². The molecule has 0 aliphatic carbocycles. The Morgan fingerprint density at radius 3 is 2.35 bits per heavy atom. The van der Waals surface area contributed by atoms with E-state index < -0.39 is 0 Å². The Bertz CT molecular complexity index is 513. The number of rotatable bonds is 7. The van der Waals surface area contributed by atoms with Crippen molar-refractivity contribution < 1.29 is 9.53 Å². The van der Waals surface area contributed by atoms with Crippen molar-refractivity contribution in [3.8, 4) is 17.9 Å². The molecule has 104 valence electrons. The predicted octanol–water partition coefficient (Wildman–Crippen LogP) is 1.30. The van der Waals surface area contributed by atoms with Gasteiger partial charge in [-0.1, -0.05) is 12.1 Å². The Labute approximate surface area is 118 Å². The van der Waals surface area contributed by atoms with Gasteiger partial charge >= 0.3 is 0 Å². The molecule has 2 N–H and O–H groups in total. The van der Waals surface area contributed by atoms with E-state index in [2.05, 4.69) is 0 Å². The summed E-state index contributed by atoms with van der Waals surface area (Å²) in [5.74, 6) is 0.181. The third-order valence-electron chi connectivity index (χ3n) is 2.61. The van der Waals surface area contributed by atoms with Crippen LogP contribution in [0.5, 0.6) is 5.75 Å². The van der Waals surface area contributed by atoms with Crippen LogP contribution >= 0.6 is 0 Å². The first kappa shape index (κ1) is 15.3. The summed E-state index contributed by atoms with van der Waals surface area (Å²) in [7, 11) is 0. The van der Waals surface area contributed by atoms with Crippen molar-refractivity contribution >= 4 is 11.6 Å². The molecule has 6 nitrogen and oxygen atoms in total. The number of para-hydroxylation sites is 2. The number of nitrogens with two attached hydrogens (primary N) is 1. The number of amides is 1. The molecule has 0 saturated carbocycles. The van der Waals surface area contributed by atoms with Crippen LogP contribution in [0.1, 0.15) is 12.8 Å². The zero-order valence-corrected chi connectivity index (χ0v) is 11.1. The number of nitrogen functional groups attached to an aromatic ring is 1. The summed E-state index contributed by atoms with van der Waals surface area (Å²) in [6.07, 6.45) is 0.454. The van der Waals surface area contributed by atoms with E-state index >= 15 is 0 Å². The van der Waals surface area contributed by atoms with E-state index in [9.17, 15) is 4.79 Å². The molecule has 0 heterocycles. The van der Waals surface area contributed by atoms with Crippen molar-refractivity contribution in [2.45, 2.75) is 12.8 Å². The Balaban J connectivity index is 2.55. The van der Waals surface area contributed by atoms with Crippen molar-refractivity contribution in [1.82, 2.24) is 4.90 Å². The first-order valence-corrected chi connectivity index (χ1v) is 6.18. The minimum absolute atomic E-state index is 0.162. The first-order chi connectivity index (χ1) is 9.69. The number of hydrogen-bond acceptors (Lipinski definition) is 5. The number of anilines is 1. The summed E-state index contributed by atoms with van der Waals surface area (Å²) < 4.78 is 5.36. The van der Waals surface area contributed by atoms with Crippen molar-refractivity contribution in [3.05, 3.63) is 24.3 Å². The van der Waals surface area contributed by atoms with Crippen molar-refractivity contribution in [2.75, 3.05) is 25.4 Å². The maximum Gasteiger partial charge on any atom is 0.260 e. The number of carbonyl (C=O) groups excluding carboxylic acids is 1. The van der Waals surface area contributed by atoms with Crippen molar-refractivity contribution in [1.29, 1.82) is 10.5 Å². The molecule has 1 aromatic rings. The van der Waals surface area contributed by atoms with Gasteiger partial charge in [-0.15, -0.1) is 0 Å². The fraction of sp³-hybridized carbons (Fsp3) is 0.357. The molecule has 0 unspecified atom stereocenters. The summed E-state index contributed by atoms with van der Waals surface area (Å²) in [4.78, 5) is 13.4. The van der Waals surface area contributed by atoms with Gasteiger partial charge in [0.1, 0.15) is 5.75 Å². The molecule has 1 rings (SSSR count). The molecule has 6 heteroatoms. The molecule has 0 saturated heterocycles. The van der Waals surface area contributed by atoms with Crippen LogP contribution in [-0.4, -0.2) is 30.5 Å². The fourth-order valence-corrected chi connectivity index (χ4v) is 1.57. The van der Waals surface area contributed by atoms with Gasteiger partial charge in [-0.25, -0.2) is 0 Å². The highest BCUT2D eigenvalue weighted by atomic mass is 16.5. The topological polar surface area (TPSA) is 103 Å². The molecule has 0 atom stereocenters. The van der Waals surface area contributed by atoms with E-state index in [0.29, 0.717) is 24.5 Å². The monoisotopic (exact) mass is 272 g/mol. The number of benzene rings is 1. The predicted molar refractivity (Wildman–Crippen MR) is 73.4 cm³/mol. The molecule has 0 spiro atoms. The number of carbonyl (C=O) groups is 1. The molecule has 1 aromatic carbocycles. The van der Waals surface area contributed by atoms with Gasteiger partial charge < -0.3 is 15.4 Å². The van der Waals surface area contributed by atoms with Gasteiger partial charge in [0.15, 0.2) is 6.61 Å². The largest absolute Gasteiger partial charge is 0.482 e. The highest BCUT2D eigenvalue weighted by molar-refractivity contribution is 5.78. The van der Waals surface area contributed by atoms with Crippen LogP contribution in [0.2, 0.25) is 0 Å². The minimum Gasteiger partial charge on any atom is -0.482 e. The maximum atomic E-state index is 12.0. The van der Waals surface area contributed by atoms with E-state index in [1.807, 2.05) is 12.1 Å². The summed E-state index contributed by atoms with van der Waals surface area (Å²) >= 11 is 0. The summed E-state index contributed by atoms with van der Waals surface area (Å²) in [5.41, 5.74) is 6.17. The van der Waals surface area contributed by atoms with Crippen molar-refractivity contribution in [2.24, 2.45) is 0 Å². The van der Waals surface area contributed by atoms with Crippen LogP contribution in [0.25, 0.3) is 0 Å². The Morgan fingerprint density at radius 1 is 1.20 bits per heavy atom.